The molecule has 2 rings (SSSR count). The lowest BCUT2D eigenvalue weighted by Crippen LogP contribution is -2.34. The number of hydrogen-bond acceptors (Lipinski definition) is 5. The smallest absolute Gasteiger partial charge is 0.244 e. The second-order valence-corrected chi connectivity index (χ2v) is 8.72. The quantitative estimate of drug-likeness (QED) is 0.888. The van der Waals surface area contributed by atoms with Crippen LogP contribution >= 0.6 is 11.3 Å². The fourth-order valence-electron chi connectivity index (χ4n) is 2.52. The number of aryl methyl sites for hydroxylation is 1. The molecule has 0 aromatic carbocycles. The molecule has 1 N–H and O–H groups in total. The summed E-state index contributed by atoms with van der Waals surface area (Å²) in [5.74, 6) is 0. The minimum Gasteiger partial charge on any atom is -0.312 e. The average molecular weight is 332 g/mol. The van der Waals surface area contributed by atoms with Crippen LogP contribution in [0.1, 0.15) is 23.1 Å². The molecule has 0 bridgehead atoms. The Morgan fingerprint density at radius 1 is 1.29 bits per heavy atom. The largest absolute Gasteiger partial charge is 0.312 e. The molecule has 0 amide bonds. The van der Waals surface area contributed by atoms with Gasteiger partial charge in [-0.3, -0.25) is 0 Å². The first-order valence-electron chi connectivity index (χ1n) is 7.44. The van der Waals surface area contributed by atoms with Crippen molar-refractivity contribution < 1.29 is 8.42 Å². The minimum absolute atomic E-state index is 0.491. The van der Waals surface area contributed by atoms with E-state index in [-0.39, 0.29) is 0 Å². The van der Waals surface area contributed by atoms with Gasteiger partial charge in [0, 0.05) is 35.9 Å². The van der Waals surface area contributed by atoms with Crippen LogP contribution < -0.4 is 5.32 Å². The van der Waals surface area contributed by atoms with Crippen LogP contribution in [-0.2, 0) is 16.6 Å². The molecule has 0 saturated carbocycles. The number of nitrogens with zero attached hydrogens (tertiary/aromatic N) is 2. The number of hydrogen-bond donors (Lipinski definition) is 1. The molecule has 2 heterocycles. The first kappa shape index (κ1) is 16.9. The van der Waals surface area contributed by atoms with Gasteiger partial charge in [0.05, 0.1) is 4.90 Å². The van der Waals surface area contributed by atoms with Crippen molar-refractivity contribution in [3.05, 3.63) is 15.8 Å². The Balaban J connectivity index is 2.20. The van der Waals surface area contributed by atoms with Gasteiger partial charge in [0.1, 0.15) is 0 Å². The first-order valence-corrected chi connectivity index (χ1v) is 9.69. The van der Waals surface area contributed by atoms with Crippen LogP contribution in [0.5, 0.6) is 0 Å². The van der Waals surface area contributed by atoms with Gasteiger partial charge in [0.2, 0.25) is 10.0 Å². The van der Waals surface area contributed by atoms with Crippen molar-refractivity contribution in [2.75, 3.05) is 39.8 Å². The van der Waals surface area contributed by atoms with Gasteiger partial charge in [-0.25, -0.2) is 8.42 Å². The van der Waals surface area contributed by atoms with Crippen molar-refractivity contribution in [1.82, 2.24) is 14.5 Å². The molecule has 1 aliphatic rings. The lowest BCUT2D eigenvalue weighted by atomic mass is 10.4. The molecule has 21 heavy (non-hydrogen) atoms. The van der Waals surface area contributed by atoms with Crippen LogP contribution in [0.4, 0.5) is 0 Å². The van der Waals surface area contributed by atoms with Crippen molar-refractivity contribution in [3.63, 3.8) is 0 Å². The van der Waals surface area contributed by atoms with Crippen LogP contribution in [0.2, 0.25) is 0 Å². The molecule has 120 valence electrons. The summed E-state index contributed by atoms with van der Waals surface area (Å²) in [6, 6.07) is 1.84. The van der Waals surface area contributed by atoms with E-state index < -0.39 is 10.0 Å². The SMILES string of the molecule is CCNCc1cc(S(=O)(=O)N2CCCN(C)CC2)c(C)s1. The molecule has 0 unspecified atom stereocenters. The summed E-state index contributed by atoms with van der Waals surface area (Å²) >= 11 is 1.57. The maximum absolute atomic E-state index is 12.8. The zero-order valence-electron chi connectivity index (χ0n) is 13.1. The highest BCUT2D eigenvalue weighted by Gasteiger charge is 2.28. The van der Waals surface area contributed by atoms with Crippen LogP contribution in [0.3, 0.4) is 0 Å². The second kappa shape index (κ2) is 7.19. The van der Waals surface area contributed by atoms with E-state index in [1.807, 2.05) is 27.0 Å². The van der Waals surface area contributed by atoms with E-state index in [1.54, 1.807) is 15.6 Å². The number of nitrogens with one attached hydrogen (secondary N) is 1. The molecular formula is C14H25N3O2S2. The van der Waals surface area contributed by atoms with Gasteiger partial charge in [0.25, 0.3) is 0 Å². The third-order valence-electron chi connectivity index (χ3n) is 3.77. The third kappa shape index (κ3) is 4.04. The molecule has 0 spiro atoms. The summed E-state index contributed by atoms with van der Waals surface area (Å²) in [5, 5.41) is 3.25. The molecule has 1 fully saturated rings. The highest BCUT2D eigenvalue weighted by atomic mass is 32.2. The predicted molar refractivity (Wildman–Crippen MR) is 87.3 cm³/mol. The van der Waals surface area contributed by atoms with Gasteiger partial charge >= 0.3 is 0 Å². The van der Waals surface area contributed by atoms with E-state index in [2.05, 4.69) is 10.2 Å². The standard InChI is InChI=1S/C14H25N3O2S2/c1-4-15-11-13-10-14(12(2)20-13)21(18,19)17-7-5-6-16(3)8-9-17/h10,15H,4-9,11H2,1-3H3. The van der Waals surface area contributed by atoms with Crippen LogP contribution in [0.25, 0.3) is 0 Å². The van der Waals surface area contributed by atoms with Gasteiger partial charge in [-0.2, -0.15) is 4.31 Å². The van der Waals surface area contributed by atoms with Crippen molar-refractivity contribution in [3.8, 4) is 0 Å². The third-order valence-corrected chi connectivity index (χ3v) is 6.97. The molecule has 1 saturated heterocycles. The lowest BCUT2D eigenvalue weighted by molar-refractivity contribution is 0.347. The maximum atomic E-state index is 12.8. The normalized spacial score (nSPS) is 18.8. The van der Waals surface area contributed by atoms with E-state index in [0.29, 0.717) is 18.0 Å². The van der Waals surface area contributed by atoms with Gasteiger partial charge in [-0.15, -0.1) is 11.3 Å². The van der Waals surface area contributed by atoms with Crippen molar-refractivity contribution in [2.24, 2.45) is 0 Å². The molecule has 7 heteroatoms. The number of rotatable bonds is 5. The van der Waals surface area contributed by atoms with Gasteiger partial charge in [-0.1, -0.05) is 6.92 Å². The van der Waals surface area contributed by atoms with E-state index >= 15 is 0 Å². The Kier molecular flexibility index (Phi) is 5.79. The lowest BCUT2D eigenvalue weighted by Gasteiger charge is -2.20. The second-order valence-electron chi connectivity index (χ2n) is 5.47. The Labute approximate surface area is 132 Å². The summed E-state index contributed by atoms with van der Waals surface area (Å²) < 4.78 is 27.3. The summed E-state index contributed by atoms with van der Waals surface area (Å²) in [6.07, 6.45) is 0.892. The molecule has 1 aromatic heterocycles. The summed E-state index contributed by atoms with van der Waals surface area (Å²) in [5.41, 5.74) is 0. The number of sulfonamides is 1. The number of likely N-dealkylation sites (N-methyl/N-ethyl adjacent to an activating group) is 1. The van der Waals surface area contributed by atoms with Crippen LogP contribution in [-0.4, -0.2) is 57.4 Å². The predicted octanol–water partition coefficient (Wildman–Crippen LogP) is 1.49. The maximum Gasteiger partial charge on any atom is 0.244 e. The monoisotopic (exact) mass is 331 g/mol. The fraction of sp³-hybridized carbons (Fsp3) is 0.714. The van der Waals surface area contributed by atoms with Crippen LogP contribution in [0.15, 0.2) is 11.0 Å². The minimum atomic E-state index is -3.35. The summed E-state index contributed by atoms with van der Waals surface area (Å²) in [6.45, 7) is 8.52. The molecule has 0 aliphatic carbocycles. The fourth-order valence-corrected chi connectivity index (χ4v) is 5.56. The molecule has 0 radical (unpaired) electrons. The Bertz CT molecular complexity index is 569. The molecular weight excluding hydrogens is 306 g/mol. The zero-order valence-corrected chi connectivity index (χ0v) is 14.7. The molecule has 0 atom stereocenters. The van der Waals surface area contributed by atoms with Crippen molar-refractivity contribution in [1.29, 1.82) is 0 Å². The Hall–Kier alpha value is -0.470. The highest BCUT2D eigenvalue weighted by Crippen LogP contribution is 2.28. The van der Waals surface area contributed by atoms with E-state index in [9.17, 15) is 8.42 Å². The van der Waals surface area contributed by atoms with Crippen molar-refractivity contribution >= 4 is 21.4 Å². The Morgan fingerprint density at radius 2 is 2.05 bits per heavy atom. The van der Waals surface area contributed by atoms with E-state index in [0.717, 1.165) is 42.4 Å². The van der Waals surface area contributed by atoms with Gasteiger partial charge in [-0.05, 0) is 39.5 Å². The zero-order chi connectivity index (χ0) is 15.5. The molecule has 5 nitrogen and oxygen atoms in total. The highest BCUT2D eigenvalue weighted by molar-refractivity contribution is 7.89. The van der Waals surface area contributed by atoms with E-state index in [1.165, 1.54) is 0 Å². The average Bonchev–Trinajstić information content (AvgIpc) is 2.66. The van der Waals surface area contributed by atoms with Gasteiger partial charge < -0.3 is 10.2 Å². The van der Waals surface area contributed by atoms with Crippen LogP contribution in [0, 0.1) is 6.92 Å². The summed E-state index contributed by atoms with van der Waals surface area (Å²) in [4.78, 5) is 4.65. The van der Waals surface area contributed by atoms with E-state index in [4.69, 9.17) is 0 Å². The molecule has 1 aliphatic heterocycles. The first-order chi connectivity index (χ1) is 9.95. The summed E-state index contributed by atoms with van der Waals surface area (Å²) in [7, 11) is -1.31. The number of thiophene rings is 1. The van der Waals surface area contributed by atoms with Gasteiger partial charge in [0.15, 0.2) is 0 Å². The molecule has 1 aromatic rings. The topological polar surface area (TPSA) is 52.7 Å². The Morgan fingerprint density at radius 3 is 2.76 bits per heavy atom. The van der Waals surface area contributed by atoms with Crippen molar-refractivity contribution in [2.45, 2.75) is 31.7 Å².